The third-order valence-electron chi connectivity index (χ3n) is 5.75. The molecule has 2 aromatic rings. The number of piperidine rings is 1. The molecule has 7 nitrogen and oxygen atoms in total. The van der Waals surface area contributed by atoms with Crippen LogP contribution in [0.3, 0.4) is 0 Å². The lowest BCUT2D eigenvalue weighted by atomic mass is 10.1. The number of aliphatic imine (C=N–C) groups is 1. The van der Waals surface area contributed by atoms with E-state index in [0.717, 1.165) is 75.1 Å². The zero-order chi connectivity index (χ0) is 22.1. The van der Waals surface area contributed by atoms with E-state index in [9.17, 15) is 0 Å². The lowest BCUT2D eigenvalue weighted by Crippen LogP contribution is -2.47. The number of nitrogens with one attached hydrogen (secondary N) is 1. The zero-order valence-corrected chi connectivity index (χ0v) is 19.4. The van der Waals surface area contributed by atoms with Crippen molar-refractivity contribution < 1.29 is 9.47 Å². The molecule has 1 saturated heterocycles. The Balaban J connectivity index is 1.63. The van der Waals surface area contributed by atoms with Gasteiger partial charge in [0.25, 0.3) is 0 Å². The summed E-state index contributed by atoms with van der Waals surface area (Å²) in [6, 6.07) is 10.3. The lowest BCUT2D eigenvalue weighted by Gasteiger charge is -2.34. The number of methoxy groups -OCH3 is 1. The molecule has 1 fully saturated rings. The number of rotatable bonds is 9. The molecule has 2 heterocycles. The van der Waals surface area contributed by atoms with Crippen LogP contribution in [0, 0.1) is 13.8 Å². The van der Waals surface area contributed by atoms with Gasteiger partial charge in [0.05, 0.1) is 24.0 Å². The highest BCUT2D eigenvalue weighted by molar-refractivity contribution is 5.80. The maximum Gasteiger partial charge on any atom is 0.194 e. The van der Waals surface area contributed by atoms with E-state index in [1.54, 1.807) is 7.11 Å². The molecular formula is C24H37N5O2. The molecule has 0 atom stereocenters. The molecule has 31 heavy (non-hydrogen) atoms. The number of aryl methyl sites for hydroxylation is 1. The van der Waals surface area contributed by atoms with Gasteiger partial charge in [-0.1, -0.05) is 18.2 Å². The molecule has 0 spiro atoms. The van der Waals surface area contributed by atoms with E-state index in [-0.39, 0.29) is 0 Å². The molecule has 1 aliphatic rings. The Hall–Kier alpha value is -2.38. The van der Waals surface area contributed by atoms with Gasteiger partial charge in [0.15, 0.2) is 5.96 Å². The molecule has 7 heteroatoms. The minimum absolute atomic E-state index is 0.338. The first-order valence-corrected chi connectivity index (χ1v) is 11.4. The number of aromatic nitrogens is 2. The second-order valence-corrected chi connectivity index (χ2v) is 7.97. The highest BCUT2D eigenvalue weighted by atomic mass is 16.5. The second kappa shape index (κ2) is 11.9. The van der Waals surface area contributed by atoms with E-state index < -0.39 is 0 Å². The lowest BCUT2D eigenvalue weighted by molar-refractivity contribution is 0.00990. The van der Waals surface area contributed by atoms with Crippen LogP contribution in [0.1, 0.15) is 43.1 Å². The van der Waals surface area contributed by atoms with Crippen LogP contribution in [0.15, 0.2) is 35.3 Å². The third kappa shape index (κ3) is 6.31. The van der Waals surface area contributed by atoms with Crippen molar-refractivity contribution >= 4 is 5.96 Å². The van der Waals surface area contributed by atoms with E-state index in [2.05, 4.69) is 43.1 Å². The van der Waals surface area contributed by atoms with Gasteiger partial charge in [-0.15, -0.1) is 0 Å². The number of nitrogens with zero attached hydrogens (tertiary/aromatic N) is 4. The largest absolute Gasteiger partial charge is 0.385 e. The summed E-state index contributed by atoms with van der Waals surface area (Å²) in [6.07, 6.45) is 3.35. The summed E-state index contributed by atoms with van der Waals surface area (Å²) in [5.41, 5.74) is 4.45. The molecule has 0 unspecified atom stereocenters. The summed E-state index contributed by atoms with van der Waals surface area (Å²) in [5, 5.41) is 8.22. The predicted octanol–water partition coefficient (Wildman–Crippen LogP) is 3.47. The Bertz CT molecular complexity index is 826. The molecule has 170 valence electrons. The van der Waals surface area contributed by atoms with Gasteiger partial charge in [-0.25, -0.2) is 9.67 Å². The van der Waals surface area contributed by atoms with Crippen LogP contribution in [-0.4, -0.2) is 66.7 Å². The van der Waals surface area contributed by atoms with Gasteiger partial charge in [0, 0.05) is 51.2 Å². The molecule has 0 saturated carbocycles. The van der Waals surface area contributed by atoms with Crippen LogP contribution in [0.25, 0.3) is 5.69 Å². The normalized spacial score (nSPS) is 15.5. The Morgan fingerprint density at radius 3 is 2.58 bits per heavy atom. The van der Waals surface area contributed by atoms with Crippen LogP contribution in [0.5, 0.6) is 0 Å². The van der Waals surface area contributed by atoms with Crippen LogP contribution in [0.4, 0.5) is 0 Å². The molecule has 0 radical (unpaired) electrons. The number of likely N-dealkylation sites (tertiary alicyclic amines) is 1. The van der Waals surface area contributed by atoms with E-state index in [1.807, 2.05) is 22.9 Å². The van der Waals surface area contributed by atoms with Crippen LogP contribution in [-0.2, 0) is 16.0 Å². The van der Waals surface area contributed by atoms with Crippen LogP contribution < -0.4 is 5.32 Å². The average Bonchev–Trinajstić information content (AvgIpc) is 3.08. The first-order valence-electron chi connectivity index (χ1n) is 11.4. The second-order valence-electron chi connectivity index (χ2n) is 7.97. The van der Waals surface area contributed by atoms with Crippen molar-refractivity contribution in [2.75, 3.05) is 40.0 Å². The average molecular weight is 428 g/mol. The fourth-order valence-corrected chi connectivity index (χ4v) is 3.99. The van der Waals surface area contributed by atoms with Gasteiger partial charge in [0.1, 0.15) is 0 Å². The fourth-order valence-electron chi connectivity index (χ4n) is 3.99. The summed E-state index contributed by atoms with van der Waals surface area (Å²) < 4.78 is 13.1. The van der Waals surface area contributed by atoms with Crippen molar-refractivity contribution in [1.82, 2.24) is 20.0 Å². The Kier molecular flexibility index (Phi) is 8.91. The number of ether oxygens (including phenoxy) is 2. The highest BCUT2D eigenvalue weighted by Crippen LogP contribution is 2.19. The summed E-state index contributed by atoms with van der Waals surface area (Å²) in [7, 11) is 1.73. The Labute approximate surface area is 186 Å². The van der Waals surface area contributed by atoms with Crippen molar-refractivity contribution in [3.8, 4) is 5.69 Å². The van der Waals surface area contributed by atoms with Crippen molar-refractivity contribution in [3.63, 3.8) is 0 Å². The van der Waals surface area contributed by atoms with E-state index in [0.29, 0.717) is 12.6 Å². The molecule has 0 amide bonds. The number of hydrogen-bond donors (Lipinski definition) is 1. The maximum atomic E-state index is 6.00. The van der Waals surface area contributed by atoms with Crippen molar-refractivity contribution in [1.29, 1.82) is 0 Å². The van der Waals surface area contributed by atoms with Gasteiger partial charge >= 0.3 is 0 Å². The maximum absolute atomic E-state index is 6.00. The predicted molar refractivity (Wildman–Crippen MR) is 125 cm³/mol. The van der Waals surface area contributed by atoms with Gasteiger partial charge in [-0.2, -0.15) is 5.10 Å². The Morgan fingerprint density at radius 2 is 1.90 bits per heavy atom. The third-order valence-corrected chi connectivity index (χ3v) is 5.75. The smallest absolute Gasteiger partial charge is 0.194 e. The minimum Gasteiger partial charge on any atom is -0.385 e. The fraction of sp³-hybridized carbons (Fsp3) is 0.583. The molecule has 1 aromatic heterocycles. The molecule has 1 aromatic carbocycles. The van der Waals surface area contributed by atoms with Gasteiger partial charge < -0.3 is 19.7 Å². The van der Waals surface area contributed by atoms with Gasteiger partial charge in [-0.3, -0.25) is 0 Å². The standard InChI is InChI=1S/C24H37N5O2/c1-5-25-24(28-14-12-22(13-15-28)31-17-9-16-30-4)26-18-23-19(2)27-29(20(23)3)21-10-7-6-8-11-21/h6-8,10-11,22H,5,9,12-18H2,1-4H3,(H,25,26). The number of para-hydroxylation sites is 1. The topological polar surface area (TPSA) is 63.9 Å². The molecule has 0 aliphatic carbocycles. The quantitative estimate of drug-likeness (QED) is 0.377. The summed E-state index contributed by atoms with van der Waals surface area (Å²) >= 11 is 0. The molecular weight excluding hydrogens is 390 g/mol. The molecule has 0 bridgehead atoms. The first-order chi connectivity index (χ1) is 15.1. The molecule has 3 rings (SSSR count). The number of guanidine groups is 1. The highest BCUT2D eigenvalue weighted by Gasteiger charge is 2.22. The Morgan fingerprint density at radius 1 is 1.16 bits per heavy atom. The van der Waals surface area contributed by atoms with E-state index in [1.165, 1.54) is 5.56 Å². The SMILES string of the molecule is CCNC(=NCc1c(C)nn(-c2ccccc2)c1C)N1CCC(OCCCOC)CC1. The van der Waals surface area contributed by atoms with Crippen LogP contribution >= 0.6 is 0 Å². The van der Waals surface area contributed by atoms with Gasteiger partial charge in [-0.05, 0) is 52.2 Å². The van der Waals surface area contributed by atoms with Crippen LogP contribution in [0.2, 0.25) is 0 Å². The minimum atomic E-state index is 0.338. The van der Waals surface area contributed by atoms with Crippen molar-refractivity contribution in [2.24, 2.45) is 4.99 Å². The molecule has 1 aliphatic heterocycles. The van der Waals surface area contributed by atoms with Crippen molar-refractivity contribution in [3.05, 3.63) is 47.3 Å². The molecule has 1 N–H and O–H groups in total. The number of hydrogen-bond acceptors (Lipinski definition) is 4. The number of benzene rings is 1. The first kappa shape index (κ1) is 23.3. The van der Waals surface area contributed by atoms with E-state index >= 15 is 0 Å². The summed E-state index contributed by atoms with van der Waals surface area (Å²) in [4.78, 5) is 7.32. The summed E-state index contributed by atoms with van der Waals surface area (Å²) in [6.45, 7) is 11.2. The monoisotopic (exact) mass is 427 g/mol. The zero-order valence-electron chi connectivity index (χ0n) is 19.4. The van der Waals surface area contributed by atoms with Crippen molar-refractivity contribution in [2.45, 2.75) is 52.7 Å². The van der Waals surface area contributed by atoms with E-state index in [4.69, 9.17) is 19.6 Å². The summed E-state index contributed by atoms with van der Waals surface area (Å²) in [5.74, 6) is 0.978. The van der Waals surface area contributed by atoms with Gasteiger partial charge in [0.2, 0.25) is 0 Å².